The van der Waals surface area contributed by atoms with Gasteiger partial charge in [0.05, 0.1) is 0 Å². The van der Waals surface area contributed by atoms with E-state index >= 15 is 0 Å². The van der Waals surface area contributed by atoms with E-state index in [1.54, 1.807) is 5.57 Å². The first-order chi connectivity index (χ1) is 5.61. The van der Waals surface area contributed by atoms with Gasteiger partial charge in [-0.15, -0.1) is 0 Å². The molecule has 0 aromatic heterocycles. The second-order valence-electron chi connectivity index (χ2n) is 3.87. The number of hydrogen-bond acceptors (Lipinski definition) is 0. The Morgan fingerprint density at radius 1 is 1.33 bits per heavy atom. The van der Waals surface area contributed by atoms with Crippen LogP contribution in [0.4, 0.5) is 0 Å². The number of hydrogen-bond donors (Lipinski definition) is 0. The summed E-state index contributed by atoms with van der Waals surface area (Å²) in [7, 11) is 0. The molecule has 12 heavy (non-hydrogen) atoms. The SMILES string of the molecule is C=C(C)C1=CC=C(C(C)C)CC1. The van der Waals surface area contributed by atoms with Crippen molar-refractivity contribution in [2.24, 2.45) is 5.92 Å². The van der Waals surface area contributed by atoms with E-state index in [1.807, 2.05) is 0 Å². The molecule has 1 rings (SSSR count). The summed E-state index contributed by atoms with van der Waals surface area (Å²) in [6, 6.07) is 0. The average Bonchev–Trinajstić information content (AvgIpc) is 2.04. The Balaban J connectivity index is 2.73. The summed E-state index contributed by atoms with van der Waals surface area (Å²) in [5.74, 6) is 0.702. The van der Waals surface area contributed by atoms with Gasteiger partial charge in [-0.25, -0.2) is 0 Å². The van der Waals surface area contributed by atoms with Crippen LogP contribution < -0.4 is 0 Å². The highest BCUT2D eigenvalue weighted by Crippen LogP contribution is 2.26. The summed E-state index contributed by atoms with van der Waals surface area (Å²) in [6.45, 7) is 10.5. The lowest BCUT2D eigenvalue weighted by molar-refractivity contribution is 0.702. The fraction of sp³-hybridized carbons (Fsp3) is 0.500. The fourth-order valence-corrected chi connectivity index (χ4v) is 1.49. The van der Waals surface area contributed by atoms with Crippen LogP contribution in [0.15, 0.2) is 35.5 Å². The summed E-state index contributed by atoms with van der Waals surface area (Å²) in [6.07, 6.45) is 6.88. The summed E-state index contributed by atoms with van der Waals surface area (Å²) >= 11 is 0. The minimum atomic E-state index is 0.702. The highest BCUT2D eigenvalue weighted by molar-refractivity contribution is 5.35. The zero-order chi connectivity index (χ0) is 9.14. The molecule has 0 unspecified atom stereocenters. The number of rotatable bonds is 2. The minimum Gasteiger partial charge on any atom is -0.0958 e. The predicted octanol–water partition coefficient (Wildman–Crippen LogP) is 3.87. The van der Waals surface area contributed by atoms with Crippen LogP contribution >= 0.6 is 0 Å². The first-order valence-corrected chi connectivity index (χ1v) is 4.66. The summed E-state index contributed by atoms with van der Waals surface area (Å²) in [5.41, 5.74) is 4.20. The topological polar surface area (TPSA) is 0 Å². The van der Waals surface area contributed by atoms with Gasteiger partial charge in [0.25, 0.3) is 0 Å². The van der Waals surface area contributed by atoms with Crippen molar-refractivity contribution in [3.05, 3.63) is 35.5 Å². The average molecular weight is 162 g/mol. The van der Waals surface area contributed by atoms with Crippen molar-refractivity contribution in [3.63, 3.8) is 0 Å². The van der Waals surface area contributed by atoms with Gasteiger partial charge in [-0.3, -0.25) is 0 Å². The second kappa shape index (κ2) is 3.75. The van der Waals surface area contributed by atoms with Gasteiger partial charge in [-0.05, 0) is 31.3 Å². The van der Waals surface area contributed by atoms with E-state index in [1.165, 1.54) is 24.0 Å². The molecule has 0 heteroatoms. The maximum Gasteiger partial charge on any atom is -0.0239 e. The minimum absolute atomic E-state index is 0.702. The molecule has 0 saturated carbocycles. The molecule has 0 spiro atoms. The molecule has 0 N–H and O–H groups in total. The van der Waals surface area contributed by atoms with Gasteiger partial charge in [0, 0.05) is 0 Å². The van der Waals surface area contributed by atoms with Crippen LogP contribution in [0.1, 0.15) is 33.6 Å². The highest BCUT2D eigenvalue weighted by Gasteiger charge is 2.08. The molecule has 0 atom stereocenters. The Bertz CT molecular complexity index is 239. The van der Waals surface area contributed by atoms with Gasteiger partial charge < -0.3 is 0 Å². The molecule has 0 amide bonds. The molecule has 1 aliphatic rings. The van der Waals surface area contributed by atoms with Gasteiger partial charge in [0.1, 0.15) is 0 Å². The van der Waals surface area contributed by atoms with E-state index in [0.717, 1.165) is 0 Å². The van der Waals surface area contributed by atoms with E-state index in [9.17, 15) is 0 Å². The van der Waals surface area contributed by atoms with E-state index in [-0.39, 0.29) is 0 Å². The van der Waals surface area contributed by atoms with E-state index in [2.05, 4.69) is 39.5 Å². The summed E-state index contributed by atoms with van der Waals surface area (Å²) in [5, 5.41) is 0. The monoisotopic (exact) mass is 162 g/mol. The lowest BCUT2D eigenvalue weighted by Gasteiger charge is -2.17. The molecular formula is C12H18. The highest BCUT2D eigenvalue weighted by atomic mass is 14.1. The van der Waals surface area contributed by atoms with E-state index < -0.39 is 0 Å². The third kappa shape index (κ3) is 2.10. The first kappa shape index (κ1) is 9.31. The Morgan fingerprint density at radius 2 is 2.00 bits per heavy atom. The molecule has 0 heterocycles. The van der Waals surface area contributed by atoms with Gasteiger partial charge in [0.15, 0.2) is 0 Å². The van der Waals surface area contributed by atoms with Crippen LogP contribution in [0.5, 0.6) is 0 Å². The lowest BCUT2D eigenvalue weighted by atomic mass is 9.89. The molecule has 0 bridgehead atoms. The van der Waals surface area contributed by atoms with Crippen molar-refractivity contribution in [2.75, 3.05) is 0 Å². The predicted molar refractivity (Wildman–Crippen MR) is 55.1 cm³/mol. The van der Waals surface area contributed by atoms with Crippen LogP contribution in [0, 0.1) is 5.92 Å². The van der Waals surface area contributed by atoms with Gasteiger partial charge >= 0.3 is 0 Å². The Labute approximate surface area is 75.7 Å². The Hall–Kier alpha value is -0.780. The van der Waals surface area contributed by atoms with Crippen LogP contribution in [-0.2, 0) is 0 Å². The summed E-state index contributed by atoms with van der Waals surface area (Å²) in [4.78, 5) is 0. The molecular weight excluding hydrogens is 144 g/mol. The first-order valence-electron chi connectivity index (χ1n) is 4.66. The molecule has 66 valence electrons. The van der Waals surface area contributed by atoms with Crippen molar-refractivity contribution in [3.8, 4) is 0 Å². The molecule has 0 aliphatic heterocycles. The molecule has 0 fully saturated rings. The largest absolute Gasteiger partial charge is 0.0958 e. The maximum atomic E-state index is 3.95. The molecule has 0 nitrogen and oxygen atoms in total. The van der Waals surface area contributed by atoms with Crippen LogP contribution in [-0.4, -0.2) is 0 Å². The maximum absolute atomic E-state index is 3.95. The molecule has 0 radical (unpaired) electrons. The third-order valence-corrected chi connectivity index (χ3v) is 2.47. The van der Waals surface area contributed by atoms with Crippen LogP contribution in [0.25, 0.3) is 0 Å². The Kier molecular flexibility index (Phi) is 2.91. The molecule has 0 aromatic carbocycles. The molecule has 0 aromatic rings. The van der Waals surface area contributed by atoms with Crippen molar-refractivity contribution in [1.29, 1.82) is 0 Å². The smallest absolute Gasteiger partial charge is 0.0239 e. The normalized spacial score (nSPS) is 17.3. The van der Waals surface area contributed by atoms with Crippen molar-refractivity contribution in [2.45, 2.75) is 33.6 Å². The van der Waals surface area contributed by atoms with Crippen molar-refractivity contribution >= 4 is 0 Å². The fourth-order valence-electron chi connectivity index (χ4n) is 1.49. The van der Waals surface area contributed by atoms with Gasteiger partial charge in [-0.2, -0.15) is 0 Å². The van der Waals surface area contributed by atoms with E-state index in [0.29, 0.717) is 5.92 Å². The van der Waals surface area contributed by atoms with Gasteiger partial charge in [-0.1, -0.05) is 43.7 Å². The lowest BCUT2D eigenvalue weighted by Crippen LogP contribution is -1.99. The second-order valence-corrected chi connectivity index (χ2v) is 3.87. The standard InChI is InChI=1S/C12H18/c1-9(2)11-5-7-12(8-6-11)10(3)4/h5,7,10H,1,6,8H2,2-4H3. The van der Waals surface area contributed by atoms with Gasteiger partial charge in [0.2, 0.25) is 0 Å². The number of allylic oxidation sites excluding steroid dienone is 5. The quantitative estimate of drug-likeness (QED) is 0.578. The van der Waals surface area contributed by atoms with Crippen LogP contribution in [0.2, 0.25) is 0 Å². The molecule has 0 saturated heterocycles. The molecule has 1 aliphatic carbocycles. The zero-order valence-corrected chi connectivity index (χ0v) is 8.35. The van der Waals surface area contributed by atoms with Crippen molar-refractivity contribution < 1.29 is 0 Å². The van der Waals surface area contributed by atoms with Crippen molar-refractivity contribution in [1.82, 2.24) is 0 Å². The van der Waals surface area contributed by atoms with E-state index in [4.69, 9.17) is 0 Å². The van der Waals surface area contributed by atoms with Crippen LogP contribution in [0.3, 0.4) is 0 Å². The third-order valence-electron chi connectivity index (χ3n) is 2.47. The summed E-state index contributed by atoms with van der Waals surface area (Å²) < 4.78 is 0. The zero-order valence-electron chi connectivity index (χ0n) is 8.35. The Morgan fingerprint density at radius 3 is 2.33 bits per heavy atom.